The lowest BCUT2D eigenvalue weighted by molar-refractivity contribution is 0.291. The van der Waals surface area contributed by atoms with E-state index in [4.69, 9.17) is 10.6 Å². The third-order valence-corrected chi connectivity index (χ3v) is 3.65. The highest BCUT2D eigenvalue weighted by atomic mass is 32.2. The number of benzene rings is 1. The van der Waals surface area contributed by atoms with Crippen LogP contribution in [0.1, 0.15) is 32.2 Å². The molecular formula is C14H20N4OS. The summed E-state index contributed by atoms with van der Waals surface area (Å²) in [5.41, 5.74) is 1.42. The van der Waals surface area contributed by atoms with Crippen LogP contribution in [0, 0.1) is 0 Å². The second-order valence-corrected chi connectivity index (χ2v) is 6.31. The first-order valence-electron chi connectivity index (χ1n) is 6.38. The zero-order chi connectivity index (χ0) is 14.8. The van der Waals surface area contributed by atoms with Crippen molar-refractivity contribution in [3.8, 4) is 5.75 Å². The van der Waals surface area contributed by atoms with Gasteiger partial charge in [0.05, 0.1) is 0 Å². The van der Waals surface area contributed by atoms with E-state index in [1.165, 1.54) is 22.0 Å². The molecule has 2 N–H and O–H groups in total. The van der Waals surface area contributed by atoms with Gasteiger partial charge in [-0.3, -0.25) is 0 Å². The van der Waals surface area contributed by atoms with Gasteiger partial charge in [0.25, 0.3) is 0 Å². The fourth-order valence-corrected chi connectivity index (χ4v) is 2.17. The quantitative estimate of drug-likeness (QED) is 0.693. The van der Waals surface area contributed by atoms with Crippen LogP contribution in [-0.2, 0) is 12.0 Å². The average Bonchev–Trinajstić information content (AvgIpc) is 2.76. The Kier molecular flexibility index (Phi) is 4.23. The second kappa shape index (κ2) is 5.75. The van der Waals surface area contributed by atoms with Crippen LogP contribution in [0.15, 0.2) is 29.4 Å². The fraction of sp³-hybridized carbons (Fsp3) is 0.429. The Labute approximate surface area is 123 Å². The molecular weight excluding hydrogens is 272 g/mol. The Balaban J connectivity index is 2.02. The molecule has 0 aliphatic carbocycles. The van der Waals surface area contributed by atoms with Crippen LogP contribution in [0.2, 0.25) is 0 Å². The summed E-state index contributed by atoms with van der Waals surface area (Å²) >= 11 is 1.45. The van der Waals surface area contributed by atoms with Gasteiger partial charge in [-0.05, 0) is 29.4 Å². The normalized spacial score (nSPS) is 11.6. The lowest BCUT2D eigenvalue weighted by Crippen LogP contribution is -2.15. The predicted molar refractivity (Wildman–Crippen MR) is 81.4 cm³/mol. The van der Waals surface area contributed by atoms with Crippen LogP contribution >= 0.6 is 11.8 Å². The van der Waals surface area contributed by atoms with Gasteiger partial charge < -0.3 is 10.6 Å². The Morgan fingerprint density at radius 3 is 2.35 bits per heavy atom. The molecule has 5 nitrogen and oxygen atoms in total. The minimum Gasteiger partial charge on any atom is -0.486 e. The van der Waals surface area contributed by atoms with Crippen molar-refractivity contribution in [2.24, 2.45) is 0 Å². The number of hydrogen-bond donors (Lipinski definition) is 1. The van der Waals surface area contributed by atoms with Gasteiger partial charge in [-0.25, -0.2) is 4.68 Å². The predicted octanol–water partition coefficient (Wildman–Crippen LogP) is 2.59. The maximum absolute atomic E-state index is 5.85. The highest BCUT2D eigenvalue weighted by Gasteiger charge is 2.13. The molecule has 0 fully saturated rings. The first kappa shape index (κ1) is 14.7. The van der Waals surface area contributed by atoms with Crippen LogP contribution in [-0.4, -0.2) is 21.1 Å². The largest absolute Gasteiger partial charge is 0.486 e. The van der Waals surface area contributed by atoms with Gasteiger partial charge in [0.2, 0.25) is 5.16 Å². The molecule has 0 aliphatic heterocycles. The molecule has 2 aromatic rings. The van der Waals surface area contributed by atoms with Crippen LogP contribution in [0.4, 0.5) is 0 Å². The third-order valence-electron chi connectivity index (χ3n) is 3.01. The monoisotopic (exact) mass is 292 g/mol. The topological polar surface area (TPSA) is 66.0 Å². The van der Waals surface area contributed by atoms with E-state index >= 15 is 0 Å². The van der Waals surface area contributed by atoms with Crippen molar-refractivity contribution in [2.45, 2.75) is 37.9 Å². The molecule has 0 unspecified atom stereocenters. The van der Waals surface area contributed by atoms with Crippen molar-refractivity contribution >= 4 is 11.8 Å². The molecule has 0 atom stereocenters. The summed E-state index contributed by atoms with van der Waals surface area (Å²) in [5, 5.41) is 8.64. The van der Waals surface area contributed by atoms with Gasteiger partial charge in [-0.1, -0.05) is 44.7 Å². The number of ether oxygens (including phenoxy) is 1. The smallest absolute Gasteiger partial charge is 0.209 e. The molecule has 1 aromatic carbocycles. The summed E-state index contributed by atoms with van der Waals surface area (Å²) in [6, 6.07) is 8.09. The van der Waals surface area contributed by atoms with Crippen molar-refractivity contribution in [1.82, 2.24) is 14.9 Å². The van der Waals surface area contributed by atoms with Crippen molar-refractivity contribution in [3.63, 3.8) is 0 Å². The first-order chi connectivity index (χ1) is 9.41. The van der Waals surface area contributed by atoms with Gasteiger partial charge in [0.15, 0.2) is 5.82 Å². The second-order valence-electron chi connectivity index (χ2n) is 5.54. The summed E-state index contributed by atoms with van der Waals surface area (Å²) in [7, 11) is 0. The van der Waals surface area contributed by atoms with Crippen molar-refractivity contribution in [2.75, 3.05) is 12.1 Å². The summed E-state index contributed by atoms with van der Waals surface area (Å²) < 4.78 is 7.14. The van der Waals surface area contributed by atoms with Gasteiger partial charge in [-0.2, -0.15) is 0 Å². The molecule has 6 heteroatoms. The maximum atomic E-state index is 5.85. The Bertz CT molecular complexity index is 572. The zero-order valence-electron chi connectivity index (χ0n) is 12.3. The molecule has 0 aliphatic rings. The van der Waals surface area contributed by atoms with E-state index in [2.05, 4.69) is 43.1 Å². The SMILES string of the molecule is CSc1nnc(COc2ccc(C(C)(C)C)cc2)n1N. The molecule has 0 saturated carbocycles. The number of aromatic nitrogens is 3. The number of rotatable bonds is 4. The summed E-state index contributed by atoms with van der Waals surface area (Å²) in [6.07, 6.45) is 1.91. The first-order valence-corrected chi connectivity index (χ1v) is 7.61. The number of hydrogen-bond acceptors (Lipinski definition) is 5. The zero-order valence-corrected chi connectivity index (χ0v) is 13.1. The standard InChI is InChI=1S/C14H20N4OS/c1-14(2,3)10-5-7-11(8-6-10)19-9-12-16-17-13(20-4)18(12)15/h5-8H,9,15H2,1-4H3. The molecule has 0 amide bonds. The molecule has 0 saturated heterocycles. The lowest BCUT2D eigenvalue weighted by Gasteiger charge is -2.19. The lowest BCUT2D eigenvalue weighted by atomic mass is 9.87. The van der Waals surface area contributed by atoms with Crippen LogP contribution in [0.5, 0.6) is 5.75 Å². The van der Waals surface area contributed by atoms with Gasteiger partial charge >= 0.3 is 0 Å². The summed E-state index contributed by atoms with van der Waals surface area (Å²) in [6.45, 7) is 6.86. The molecule has 0 radical (unpaired) electrons. The molecule has 1 heterocycles. The number of nitrogens with zero attached hydrogens (tertiary/aromatic N) is 3. The fourth-order valence-electron chi connectivity index (χ4n) is 1.74. The van der Waals surface area contributed by atoms with Crippen molar-refractivity contribution in [1.29, 1.82) is 0 Å². The number of nitrogen functional groups attached to an aromatic ring is 1. The third kappa shape index (κ3) is 3.25. The van der Waals surface area contributed by atoms with Crippen molar-refractivity contribution < 1.29 is 4.74 Å². The van der Waals surface area contributed by atoms with E-state index in [0.29, 0.717) is 17.6 Å². The van der Waals surface area contributed by atoms with E-state index in [0.717, 1.165) is 5.75 Å². The highest BCUT2D eigenvalue weighted by molar-refractivity contribution is 7.98. The maximum Gasteiger partial charge on any atom is 0.209 e. The highest BCUT2D eigenvalue weighted by Crippen LogP contribution is 2.24. The van der Waals surface area contributed by atoms with Gasteiger partial charge in [0.1, 0.15) is 12.4 Å². The Hall–Kier alpha value is -1.69. The van der Waals surface area contributed by atoms with E-state index in [9.17, 15) is 0 Å². The number of thioether (sulfide) groups is 1. The molecule has 0 bridgehead atoms. The van der Waals surface area contributed by atoms with Crippen LogP contribution < -0.4 is 10.6 Å². The van der Waals surface area contributed by atoms with E-state index in [1.807, 2.05) is 18.4 Å². The number of nitrogens with two attached hydrogens (primary N) is 1. The molecule has 20 heavy (non-hydrogen) atoms. The summed E-state index contributed by atoms with van der Waals surface area (Å²) in [4.78, 5) is 0. The molecule has 0 spiro atoms. The minimum atomic E-state index is 0.142. The minimum absolute atomic E-state index is 0.142. The average molecular weight is 292 g/mol. The molecule has 108 valence electrons. The molecule has 2 rings (SSSR count). The van der Waals surface area contributed by atoms with Crippen LogP contribution in [0.25, 0.3) is 0 Å². The van der Waals surface area contributed by atoms with E-state index in [1.54, 1.807) is 0 Å². The van der Waals surface area contributed by atoms with E-state index < -0.39 is 0 Å². The Morgan fingerprint density at radius 2 is 1.85 bits per heavy atom. The van der Waals surface area contributed by atoms with Crippen molar-refractivity contribution in [3.05, 3.63) is 35.7 Å². The van der Waals surface area contributed by atoms with Crippen LogP contribution in [0.3, 0.4) is 0 Å². The molecule has 1 aromatic heterocycles. The van der Waals surface area contributed by atoms with Gasteiger partial charge in [0, 0.05) is 0 Å². The Morgan fingerprint density at radius 1 is 1.20 bits per heavy atom. The van der Waals surface area contributed by atoms with Gasteiger partial charge in [-0.15, -0.1) is 10.2 Å². The van der Waals surface area contributed by atoms with E-state index in [-0.39, 0.29) is 5.41 Å². The summed E-state index contributed by atoms with van der Waals surface area (Å²) in [5.74, 6) is 7.25.